The Morgan fingerprint density at radius 2 is 2.00 bits per heavy atom. The van der Waals surface area contributed by atoms with Gasteiger partial charge in [-0.25, -0.2) is 0 Å². The molecule has 1 aliphatic heterocycles. The van der Waals surface area contributed by atoms with Crippen molar-refractivity contribution < 1.29 is 4.79 Å². The topological polar surface area (TPSA) is 17.1 Å². The zero-order valence-electron chi connectivity index (χ0n) is 10.8. The van der Waals surface area contributed by atoms with E-state index < -0.39 is 0 Å². The van der Waals surface area contributed by atoms with Gasteiger partial charge in [0.15, 0.2) is 0 Å². The van der Waals surface area contributed by atoms with Crippen LogP contribution in [0.25, 0.3) is 0 Å². The monoisotopic (exact) mass is 226 g/mol. The first-order valence-corrected chi connectivity index (χ1v) is 7.06. The highest BCUT2D eigenvalue weighted by molar-refractivity contribution is 7.62. The molecule has 0 spiro atoms. The number of hydrogen-bond acceptors (Lipinski definition) is 1. The van der Waals surface area contributed by atoms with E-state index in [-0.39, 0.29) is 13.1 Å². The van der Waals surface area contributed by atoms with Crippen molar-refractivity contribution in [2.45, 2.75) is 63.9 Å². The van der Waals surface area contributed by atoms with Crippen molar-refractivity contribution in [2.75, 3.05) is 0 Å². The molecule has 0 aromatic heterocycles. The van der Waals surface area contributed by atoms with Crippen molar-refractivity contribution in [1.82, 2.24) is 0 Å². The number of carbonyl (C=O) groups excluding carboxylic acids is 1. The fourth-order valence-electron chi connectivity index (χ4n) is 3.00. The first kappa shape index (κ1) is 12.9. The summed E-state index contributed by atoms with van der Waals surface area (Å²) < 4.78 is 0. The van der Waals surface area contributed by atoms with Gasteiger partial charge < -0.3 is 0 Å². The Kier molecular flexibility index (Phi) is 3.45. The van der Waals surface area contributed by atoms with Crippen molar-refractivity contribution in [3.8, 4) is 0 Å². The molecule has 3 unspecified atom stereocenters. The van der Waals surface area contributed by atoms with Gasteiger partial charge in [-0.2, -0.15) is 0 Å². The molecule has 0 N–H and O–H groups in total. The van der Waals surface area contributed by atoms with Crippen LogP contribution in [0, 0.1) is 0 Å². The van der Waals surface area contributed by atoms with Crippen LogP contribution in [0.4, 0.5) is 0 Å². The normalized spacial score (nSPS) is 35.9. The predicted molar refractivity (Wildman–Crippen MR) is 69.0 cm³/mol. The summed E-state index contributed by atoms with van der Waals surface area (Å²) >= 11 is 0. The van der Waals surface area contributed by atoms with Crippen LogP contribution >= 0.6 is 7.92 Å². The average Bonchev–Trinajstić information content (AvgIpc) is 2.23. The molecule has 2 heteroatoms. The molecule has 1 aliphatic rings. The van der Waals surface area contributed by atoms with E-state index in [1.165, 1.54) is 0 Å². The predicted octanol–water partition coefficient (Wildman–Crippen LogP) is 3.96. The quantitative estimate of drug-likeness (QED) is 0.514. The van der Waals surface area contributed by atoms with Crippen LogP contribution in [-0.4, -0.2) is 21.8 Å². The van der Waals surface area contributed by atoms with E-state index in [9.17, 15) is 4.79 Å². The highest BCUT2D eigenvalue weighted by Gasteiger charge is 2.45. The van der Waals surface area contributed by atoms with Crippen LogP contribution in [0.2, 0.25) is 0 Å². The largest absolute Gasteiger partial charge is 0.300 e. The summed E-state index contributed by atoms with van der Waals surface area (Å²) in [6.07, 6.45) is 5.30. The standard InChI is InChI=1S/C13H23OP/c1-10(14)9-13(6)8-7-11(2)15(13)12(3,4)5/h7-8,11H,9H2,1-6H3. The average molecular weight is 226 g/mol. The lowest BCUT2D eigenvalue weighted by molar-refractivity contribution is -0.117. The lowest BCUT2D eigenvalue weighted by Gasteiger charge is -2.42. The first-order chi connectivity index (χ1) is 6.67. The van der Waals surface area contributed by atoms with E-state index in [0.717, 1.165) is 0 Å². The Morgan fingerprint density at radius 1 is 1.47 bits per heavy atom. The van der Waals surface area contributed by atoms with Gasteiger partial charge in [0.25, 0.3) is 0 Å². The summed E-state index contributed by atoms with van der Waals surface area (Å²) in [7, 11) is -0.157. The Bertz CT molecular complexity index is 287. The SMILES string of the molecule is CC(=O)CC1(C)C=CC(C)P1C(C)(C)C. The summed E-state index contributed by atoms with van der Waals surface area (Å²) in [5.74, 6) is 0.313. The zero-order valence-corrected chi connectivity index (χ0v) is 11.7. The number of allylic oxidation sites excluding steroid dienone is 2. The summed E-state index contributed by atoms with van der Waals surface area (Å²) in [6, 6.07) is 0. The van der Waals surface area contributed by atoms with E-state index in [4.69, 9.17) is 0 Å². The van der Waals surface area contributed by atoms with Crippen molar-refractivity contribution >= 4 is 13.7 Å². The Labute approximate surface area is 95.1 Å². The molecule has 86 valence electrons. The lowest BCUT2D eigenvalue weighted by atomic mass is 10.0. The second kappa shape index (κ2) is 4.01. The molecule has 1 heterocycles. The third kappa shape index (κ3) is 2.69. The van der Waals surface area contributed by atoms with Crippen LogP contribution in [0.5, 0.6) is 0 Å². The van der Waals surface area contributed by atoms with Gasteiger partial charge in [0.1, 0.15) is 5.78 Å². The molecule has 3 atom stereocenters. The lowest BCUT2D eigenvalue weighted by Crippen LogP contribution is -2.30. The molecule has 0 amide bonds. The van der Waals surface area contributed by atoms with E-state index in [0.29, 0.717) is 23.0 Å². The molecule has 0 fully saturated rings. The number of carbonyl (C=O) groups is 1. The smallest absolute Gasteiger partial charge is 0.131 e. The third-order valence-corrected chi connectivity index (χ3v) is 6.86. The van der Waals surface area contributed by atoms with E-state index in [1.807, 2.05) is 0 Å². The Balaban J connectivity index is 2.98. The van der Waals surface area contributed by atoms with Gasteiger partial charge in [-0.1, -0.05) is 54.7 Å². The van der Waals surface area contributed by atoms with Gasteiger partial charge in [-0.3, -0.25) is 4.79 Å². The van der Waals surface area contributed by atoms with Crippen LogP contribution in [0.15, 0.2) is 12.2 Å². The molecule has 0 aromatic rings. The van der Waals surface area contributed by atoms with Gasteiger partial charge in [0.05, 0.1) is 0 Å². The minimum absolute atomic E-state index is 0.124. The molecule has 1 nitrogen and oxygen atoms in total. The van der Waals surface area contributed by atoms with Crippen LogP contribution < -0.4 is 0 Å². The van der Waals surface area contributed by atoms with Gasteiger partial charge in [0, 0.05) is 11.6 Å². The van der Waals surface area contributed by atoms with Gasteiger partial charge in [0.2, 0.25) is 0 Å². The summed E-state index contributed by atoms with van der Waals surface area (Å²) in [6.45, 7) is 13.2. The minimum atomic E-state index is -0.157. The molecule has 0 saturated heterocycles. The summed E-state index contributed by atoms with van der Waals surface area (Å²) in [5.41, 5.74) is 0.643. The molecule has 0 saturated carbocycles. The maximum atomic E-state index is 11.4. The highest BCUT2D eigenvalue weighted by Crippen LogP contribution is 2.67. The van der Waals surface area contributed by atoms with E-state index >= 15 is 0 Å². The fraction of sp³-hybridized carbons (Fsp3) is 0.769. The molecule has 15 heavy (non-hydrogen) atoms. The van der Waals surface area contributed by atoms with Crippen LogP contribution in [0.1, 0.15) is 48.0 Å². The van der Waals surface area contributed by atoms with Gasteiger partial charge in [-0.05, 0) is 17.7 Å². The summed E-state index contributed by atoms with van der Waals surface area (Å²) in [5, 5.41) is 0.446. The molecule has 0 bridgehead atoms. The third-order valence-electron chi connectivity index (χ3n) is 3.02. The van der Waals surface area contributed by atoms with E-state index in [2.05, 4.69) is 46.8 Å². The first-order valence-electron chi connectivity index (χ1n) is 5.65. The van der Waals surface area contributed by atoms with Crippen LogP contribution in [0.3, 0.4) is 0 Å². The molecule has 0 aromatic carbocycles. The molecule has 1 rings (SSSR count). The van der Waals surface area contributed by atoms with E-state index in [1.54, 1.807) is 6.92 Å². The Hall–Kier alpha value is -0.160. The molecular formula is C13H23OP. The Morgan fingerprint density at radius 3 is 2.40 bits per heavy atom. The fourth-order valence-corrected chi connectivity index (χ4v) is 7.59. The zero-order chi connectivity index (χ0) is 11.9. The number of ketones is 1. The number of hydrogen-bond donors (Lipinski definition) is 0. The number of rotatable bonds is 2. The second-order valence-electron chi connectivity index (χ2n) is 5.88. The van der Waals surface area contributed by atoms with Crippen molar-refractivity contribution in [3.63, 3.8) is 0 Å². The van der Waals surface area contributed by atoms with Crippen molar-refractivity contribution in [1.29, 1.82) is 0 Å². The number of Topliss-reactive ketones (excluding diaryl/α,β-unsaturated/α-hetero) is 1. The minimum Gasteiger partial charge on any atom is -0.300 e. The van der Waals surface area contributed by atoms with Crippen molar-refractivity contribution in [3.05, 3.63) is 12.2 Å². The maximum absolute atomic E-state index is 11.4. The van der Waals surface area contributed by atoms with Gasteiger partial charge in [-0.15, -0.1) is 0 Å². The van der Waals surface area contributed by atoms with Gasteiger partial charge >= 0.3 is 0 Å². The van der Waals surface area contributed by atoms with Crippen LogP contribution in [-0.2, 0) is 4.79 Å². The maximum Gasteiger partial charge on any atom is 0.131 e. The molecular weight excluding hydrogens is 203 g/mol. The second-order valence-corrected chi connectivity index (χ2v) is 9.79. The highest BCUT2D eigenvalue weighted by atomic mass is 31.1. The summed E-state index contributed by atoms with van der Waals surface area (Å²) in [4.78, 5) is 11.4. The molecule has 0 radical (unpaired) electrons. The molecule has 0 aliphatic carbocycles. The van der Waals surface area contributed by atoms with Crippen molar-refractivity contribution in [2.24, 2.45) is 0 Å².